The molecule has 18 heavy (non-hydrogen) atoms. The Kier molecular flexibility index (Phi) is 4.23. The van der Waals surface area contributed by atoms with E-state index >= 15 is 0 Å². The number of rotatable bonds is 4. The first-order valence-electron chi connectivity index (χ1n) is 5.38. The lowest BCUT2D eigenvalue weighted by atomic mass is 10.3. The van der Waals surface area contributed by atoms with Crippen molar-refractivity contribution in [3.63, 3.8) is 0 Å². The number of anilines is 1. The Labute approximate surface area is 115 Å². The standard InChI is InChI=1S/C12H11Cl2N3O/c1-2-16-10-6-15-7-11(17-10)18-9-5-3-4-8(13)12(9)14/h3-7H,2H2,1H3,(H,16,17). The van der Waals surface area contributed by atoms with Crippen molar-refractivity contribution < 1.29 is 4.74 Å². The first kappa shape index (κ1) is 12.9. The molecule has 0 radical (unpaired) electrons. The Balaban J connectivity index is 2.23. The maximum absolute atomic E-state index is 6.02. The average Bonchev–Trinajstić information content (AvgIpc) is 2.36. The van der Waals surface area contributed by atoms with Gasteiger partial charge in [-0.3, -0.25) is 4.98 Å². The Morgan fingerprint density at radius 3 is 2.89 bits per heavy atom. The van der Waals surface area contributed by atoms with Crippen LogP contribution >= 0.6 is 23.2 Å². The summed E-state index contributed by atoms with van der Waals surface area (Å²) in [6.07, 6.45) is 3.13. The van der Waals surface area contributed by atoms with Gasteiger partial charge in [0.15, 0.2) is 0 Å². The molecule has 0 fully saturated rings. The fourth-order valence-corrected chi connectivity index (χ4v) is 1.67. The van der Waals surface area contributed by atoms with Crippen molar-refractivity contribution >= 4 is 29.0 Å². The quantitative estimate of drug-likeness (QED) is 0.921. The number of nitrogens with zero attached hydrogens (tertiary/aromatic N) is 2. The van der Waals surface area contributed by atoms with Crippen LogP contribution in [-0.4, -0.2) is 16.5 Å². The van der Waals surface area contributed by atoms with E-state index in [0.717, 1.165) is 6.54 Å². The van der Waals surface area contributed by atoms with E-state index in [1.165, 1.54) is 6.20 Å². The van der Waals surface area contributed by atoms with E-state index in [-0.39, 0.29) is 0 Å². The summed E-state index contributed by atoms with van der Waals surface area (Å²) in [6, 6.07) is 5.17. The zero-order chi connectivity index (χ0) is 13.0. The minimum Gasteiger partial charge on any atom is -0.436 e. The predicted octanol–water partition coefficient (Wildman–Crippen LogP) is 4.01. The molecule has 0 amide bonds. The van der Waals surface area contributed by atoms with Gasteiger partial charge >= 0.3 is 0 Å². The number of hydrogen-bond donors (Lipinski definition) is 1. The maximum Gasteiger partial charge on any atom is 0.239 e. The Bertz CT molecular complexity index is 549. The lowest BCUT2D eigenvalue weighted by Crippen LogP contribution is -2.00. The second-order valence-electron chi connectivity index (χ2n) is 3.43. The Morgan fingerprint density at radius 2 is 2.11 bits per heavy atom. The topological polar surface area (TPSA) is 47.0 Å². The lowest BCUT2D eigenvalue weighted by molar-refractivity contribution is 0.461. The Hall–Kier alpha value is -1.52. The van der Waals surface area contributed by atoms with Crippen LogP contribution in [0, 0.1) is 0 Å². The summed E-state index contributed by atoms with van der Waals surface area (Å²) >= 11 is 11.9. The van der Waals surface area contributed by atoms with E-state index in [4.69, 9.17) is 27.9 Å². The van der Waals surface area contributed by atoms with Gasteiger partial charge in [0.05, 0.1) is 17.4 Å². The minimum absolute atomic E-state index is 0.356. The molecule has 6 heteroatoms. The molecule has 1 aromatic heterocycles. The first-order chi connectivity index (χ1) is 8.70. The molecule has 1 heterocycles. The summed E-state index contributed by atoms with van der Waals surface area (Å²) in [5.41, 5.74) is 0. The molecule has 0 saturated carbocycles. The van der Waals surface area contributed by atoms with Gasteiger partial charge in [0.25, 0.3) is 0 Å². The maximum atomic E-state index is 6.02. The third-order valence-electron chi connectivity index (χ3n) is 2.10. The van der Waals surface area contributed by atoms with Gasteiger partial charge in [0.1, 0.15) is 16.6 Å². The molecule has 1 N–H and O–H groups in total. The van der Waals surface area contributed by atoms with Gasteiger partial charge in [0.2, 0.25) is 5.88 Å². The highest BCUT2D eigenvalue weighted by Gasteiger charge is 2.08. The van der Waals surface area contributed by atoms with Crippen LogP contribution in [0.4, 0.5) is 5.82 Å². The minimum atomic E-state index is 0.356. The van der Waals surface area contributed by atoms with Crippen LogP contribution in [-0.2, 0) is 0 Å². The highest BCUT2D eigenvalue weighted by Crippen LogP contribution is 2.33. The highest BCUT2D eigenvalue weighted by atomic mass is 35.5. The van der Waals surface area contributed by atoms with Gasteiger partial charge in [-0.2, -0.15) is 4.98 Å². The monoisotopic (exact) mass is 283 g/mol. The van der Waals surface area contributed by atoms with Gasteiger partial charge < -0.3 is 10.1 Å². The molecule has 94 valence electrons. The van der Waals surface area contributed by atoms with Crippen molar-refractivity contribution in [2.24, 2.45) is 0 Å². The first-order valence-corrected chi connectivity index (χ1v) is 6.14. The average molecular weight is 284 g/mol. The molecule has 0 spiro atoms. The largest absolute Gasteiger partial charge is 0.436 e. The molecule has 0 aliphatic rings. The summed E-state index contributed by atoms with van der Waals surface area (Å²) in [5.74, 6) is 1.46. The second-order valence-corrected chi connectivity index (χ2v) is 4.21. The van der Waals surface area contributed by atoms with Crippen LogP contribution in [0.5, 0.6) is 11.6 Å². The number of benzene rings is 1. The van der Waals surface area contributed by atoms with Crippen molar-refractivity contribution in [1.29, 1.82) is 0 Å². The van der Waals surface area contributed by atoms with E-state index in [1.807, 2.05) is 6.92 Å². The van der Waals surface area contributed by atoms with Crippen molar-refractivity contribution in [1.82, 2.24) is 9.97 Å². The number of nitrogens with one attached hydrogen (secondary N) is 1. The predicted molar refractivity (Wildman–Crippen MR) is 72.7 cm³/mol. The van der Waals surface area contributed by atoms with E-state index in [1.54, 1.807) is 24.4 Å². The van der Waals surface area contributed by atoms with Crippen LogP contribution in [0.15, 0.2) is 30.6 Å². The van der Waals surface area contributed by atoms with Gasteiger partial charge in [-0.25, -0.2) is 0 Å². The zero-order valence-electron chi connectivity index (χ0n) is 9.65. The van der Waals surface area contributed by atoms with Gasteiger partial charge in [-0.1, -0.05) is 29.3 Å². The molecule has 0 atom stereocenters. The third-order valence-corrected chi connectivity index (χ3v) is 2.90. The van der Waals surface area contributed by atoms with Crippen LogP contribution in [0.3, 0.4) is 0 Å². The third kappa shape index (κ3) is 3.03. The molecule has 0 saturated heterocycles. The number of aromatic nitrogens is 2. The summed E-state index contributed by atoms with van der Waals surface area (Å²) in [5, 5.41) is 3.84. The molecule has 2 aromatic rings. The SMILES string of the molecule is CCNc1cncc(Oc2cccc(Cl)c2Cl)n1. The lowest BCUT2D eigenvalue weighted by Gasteiger charge is -2.08. The van der Waals surface area contributed by atoms with Crippen molar-refractivity contribution in [2.75, 3.05) is 11.9 Å². The molecule has 4 nitrogen and oxygen atoms in total. The fourth-order valence-electron chi connectivity index (χ4n) is 1.34. The molecule has 0 bridgehead atoms. The van der Waals surface area contributed by atoms with Gasteiger partial charge in [-0.15, -0.1) is 0 Å². The van der Waals surface area contributed by atoms with E-state index in [2.05, 4.69) is 15.3 Å². The molecule has 2 rings (SSSR count). The molecule has 0 aliphatic heterocycles. The molecule has 1 aromatic carbocycles. The zero-order valence-corrected chi connectivity index (χ0v) is 11.2. The summed E-state index contributed by atoms with van der Waals surface area (Å²) in [6.45, 7) is 2.74. The fraction of sp³-hybridized carbons (Fsp3) is 0.167. The number of halogens is 2. The summed E-state index contributed by atoms with van der Waals surface area (Å²) in [7, 11) is 0. The van der Waals surface area contributed by atoms with Crippen LogP contribution in [0.2, 0.25) is 10.0 Å². The summed E-state index contributed by atoms with van der Waals surface area (Å²) < 4.78 is 5.55. The van der Waals surface area contributed by atoms with Crippen molar-refractivity contribution in [2.45, 2.75) is 6.92 Å². The van der Waals surface area contributed by atoms with E-state index in [9.17, 15) is 0 Å². The van der Waals surface area contributed by atoms with Gasteiger partial charge in [-0.05, 0) is 19.1 Å². The second kappa shape index (κ2) is 5.89. The molecular formula is C12H11Cl2N3O. The summed E-state index contributed by atoms with van der Waals surface area (Å²) in [4.78, 5) is 8.26. The molecule has 0 unspecified atom stereocenters. The van der Waals surface area contributed by atoms with Gasteiger partial charge in [0, 0.05) is 6.54 Å². The van der Waals surface area contributed by atoms with E-state index < -0.39 is 0 Å². The highest BCUT2D eigenvalue weighted by molar-refractivity contribution is 6.42. The van der Waals surface area contributed by atoms with Crippen LogP contribution in [0.25, 0.3) is 0 Å². The van der Waals surface area contributed by atoms with E-state index in [0.29, 0.717) is 27.5 Å². The van der Waals surface area contributed by atoms with Crippen molar-refractivity contribution in [3.8, 4) is 11.6 Å². The van der Waals surface area contributed by atoms with Crippen molar-refractivity contribution in [3.05, 3.63) is 40.6 Å². The van der Waals surface area contributed by atoms with Crippen LogP contribution < -0.4 is 10.1 Å². The smallest absolute Gasteiger partial charge is 0.239 e. The molecule has 0 aliphatic carbocycles. The normalized spacial score (nSPS) is 10.2. The Morgan fingerprint density at radius 1 is 1.28 bits per heavy atom. The number of hydrogen-bond acceptors (Lipinski definition) is 4. The molecular weight excluding hydrogens is 273 g/mol. The van der Waals surface area contributed by atoms with Crippen LogP contribution in [0.1, 0.15) is 6.92 Å². The number of ether oxygens (including phenoxy) is 1.